The Labute approximate surface area is 193 Å². The lowest BCUT2D eigenvalue weighted by Gasteiger charge is -2.37. The van der Waals surface area contributed by atoms with Crippen LogP contribution in [0.4, 0.5) is 17.1 Å². The van der Waals surface area contributed by atoms with E-state index in [1.807, 2.05) is 91.1 Å². The van der Waals surface area contributed by atoms with Gasteiger partial charge in [0.05, 0.1) is 17.1 Å². The van der Waals surface area contributed by atoms with Crippen LogP contribution < -0.4 is 20.8 Å². The molecule has 0 saturated heterocycles. The maximum Gasteiger partial charge on any atom is 0.175 e. The zero-order chi connectivity index (χ0) is 22.3. The summed E-state index contributed by atoms with van der Waals surface area (Å²) in [5.41, 5.74) is 4.87. The summed E-state index contributed by atoms with van der Waals surface area (Å²) in [6.07, 6.45) is 1.81. The molecular formula is C29H21N2OP. The number of anilines is 3. The van der Waals surface area contributed by atoms with E-state index in [1.54, 1.807) is 0 Å². The van der Waals surface area contributed by atoms with Crippen molar-refractivity contribution in [1.82, 2.24) is 4.98 Å². The highest BCUT2D eigenvalue weighted by atomic mass is 31.2. The second-order valence-corrected chi connectivity index (χ2v) is 10.7. The van der Waals surface area contributed by atoms with E-state index in [-0.39, 0.29) is 0 Å². The predicted octanol–water partition coefficient (Wildman–Crippen LogP) is 6.17. The van der Waals surface area contributed by atoms with Gasteiger partial charge in [-0.3, -0.25) is 4.98 Å². The van der Waals surface area contributed by atoms with E-state index in [0.717, 1.165) is 44.2 Å². The van der Waals surface area contributed by atoms with E-state index in [4.69, 9.17) is 0 Å². The molecule has 0 unspecified atom stereocenters. The quantitative estimate of drug-likeness (QED) is 0.306. The molecule has 1 aliphatic heterocycles. The molecule has 33 heavy (non-hydrogen) atoms. The molecule has 0 saturated carbocycles. The van der Waals surface area contributed by atoms with Crippen LogP contribution in [0.1, 0.15) is 0 Å². The van der Waals surface area contributed by atoms with Crippen LogP contribution in [0.2, 0.25) is 0 Å². The number of hydrogen-bond donors (Lipinski definition) is 0. The van der Waals surface area contributed by atoms with Gasteiger partial charge in [-0.2, -0.15) is 0 Å². The van der Waals surface area contributed by atoms with Crippen LogP contribution >= 0.6 is 7.14 Å². The van der Waals surface area contributed by atoms with Crippen LogP contribution in [0.3, 0.4) is 0 Å². The molecule has 1 aliphatic rings. The predicted molar refractivity (Wildman–Crippen MR) is 137 cm³/mol. The van der Waals surface area contributed by atoms with Crippen molar-refractivity contribution in [1.29, 1.82) is 0 Å². The van der Waals surface area contributed by atoms with E-state index in [0.29, 0.717) is 0 Å². The number of benzene rings is 4. The summed E-state index contributed by atoms with van der Waals surface area (Å²) in [5.74, 6) is 0. The Morgan fingerprint density at radius 2 is 1.24 bits per heavy atom. The molecule has 4 heteroatoms. The summed E-state index contributed by atoms with van der Waals surface area (Å²) in [6.45, 7) is 0. The highest BCUT2D eigenvalue weighted by Gasteiger charge is 2.40. The Bertz CT molecular complexity index is 1450. The molecule has 5 aromatic rings. The molecular weight excluding hydrogens is 423 g/mol. The molecule has 0 aliphatic carbocycles. The maximum absolute atomic E-state index is 14.9. The van der Waals surface area contributed by atoms with Gasteiger partial charge in [0.25, 0.3) is 0 Å². The molecule has 6 rings (SSSR count). The Kier molecular flexibility index (Phi) is 4.71. The average molecular weight is 444 g/mol. The van der Waals surface area contributed by atoms with Gasteiger partial charge in [0.15, 0.2) is 7.14 Å². The third-order valence-electron chi connectivity index (χ3n) is 6.11. The van der Waals surface area contributed by atoms with Gasteiger partial charge in [-0.25, -0.2) is 0 Å². The summed E-state index contributed by atoms with van der Waals surface area (Å²) in [6, 6.07) is 40.3. The highest BCUT2D eigenvalue weighted by Crippen LogP contribution is 2.53. The summed E-state index contributed by atoms with van der Waals surface area (Å²) in [5, 5.41) is 2.57. The Hall–Kier alpha value is -3.94. The summed E-state index contributed by atoms with van der Waals surface area (Å²) in [4.78, 5) is 6.74. The Morgan fingerprint density at radius 1 is 0.606 bits per heavy atom. The second-order valence-electron chi connectivity index (χ2n) is 8.02. The largest absolute Gasteiger partial charge is 0.309 e. The van der Waals surface area contributed by atoms with Crippen molar-refractivity contribution < 1.29 is 4.57 Å². The van der Waals surface area contributed by atoms with Crippen LogP contribution in [-0.2, 0) is 4.57 Å². The van der Waals surface area contributed by atoms with Gasteiger partial charge >= 0.3 is 0 Å². The highest BCUT2D eigenvalue weighted by molar-refractivity contribution is 7.86. The summed E-state index contributed by atoms with van der Waals surface area (Å²) >= 11 is 0. The van der Waals surface area contributed by atoms with E-state index < -0.39 is 7.14 Å². The number of rotatable bonds is 3. The summed E-state index contributed by atoms with van der Waals surface area (Å²) < 4.78 is 14.9. The molecule has 0 fully saturated rings. The smallest absolute Gasteiger partial charge is 0.175 e. The number of pyridine rings is 1. The van der Waals surface area contributed by atoms with Gasteiger partial charge in [-0.05, 0) is 48.5 Å². The van der Waals surface area contributed by atoms with E-state index in [1.165, 1.54) is 0 Å². The topological polar surface area (TPSA) is 33.2 Å². The van der Waals surface area contributed by atoms with Crippen LogP contribution in [0, 0.1) is 0 Å². The van der Waals surface area contributed by atoms with Gasteiger partial charge in [0.1, 0.15) is 0 Å². The number of nitrogens with zero attached hydrogens (tertiary/aromatic N) is 2. The molecule has 3 nitrogen and oxygen atoms in total. The van der Waals surface area contributed by atoms with Crippen molar-refractivity contribution in [3.05, 3.63) is 128 Å². The normalized spacial score (nSPS) is 13.8. The number of aromatic nitrogens is 1. The monoisotopic (exact) mass is 444 g/mol. The van der Waals surface area contributed by atoms with E-state index >= 15 is 0 Å². The van der Waals surface area contributed by atoms with Crippen molar-refractivity contribution in [3.8, 4) is 11.3 Å². The van der Waals surface area contributed by atoms with Crippen molar-refractivity contribution in [2.45, 2.75) is 0 Å². The van der Waals surface area contributed by atoms with Gasteiger partial charge in [-0.1, -0.05) is 72.8 Å². The van der Waals surface area contributed by atoms with Crippen LogP contribution in [0.25, 0.3) is 11.3 Å². The fourth-order valence-corrected chi connectivity index (χ4v) is 7.62. The van der Waals surface area contributed by atoms with E-state index in [9.17, 15) is 4.57 Å². The van der Waals surface area contributed by atoms with Crippen LogP contribution in [0.5, 0.6) is 0 Å². The molecule has 4 aromatic carbocycles. The maximum atomic E-state index is 14.9. The molecule has 0 atom stereocenters. The first-order valence-electron chi connectivity index (χ1n) is 10.9. The third-order valence-corrected chi connectivity index (χ3v) is 9.25. The van der Waals surface area contributed by atoms with Crippen molar-refractivity contribution >= 4 is 40.1 Å². The minimum absolute atomic E-state index is 0.854. The van der Waals surface area contributed by atoms with Crippen molar-refractivity contribution in [3.63, 3.8) is 0 Å². The van der Waals surface area contributed by atoms with Crippen molar-refractivity contribution in [2.75, 3.05) is 4.90 Å². The van der Waals surface area contributed by atoms with Crippen molar-refractivity contribution in [2.24, 2.45) is 0 Å². The number of para-hydroxylation sites is 2. The van der Waals surface area contributed by atoms with Gasteiger partial charge < -0.3 is 9.46 Å². The van der Waals surface area contributed by atoms with Gasteiger partial charge in [0.2, 0.25) is 0 Å². The SMILES string of the molecule is O=P1(c2ccccc2)c2ccccc2N(c2cccc(-c3ccccn3)c2)c2ccccc21. The molecule has 0 radical (unpaired) electrons. The first-order chi connectivity index (χ1) is 16.3. The minimum atomic E-state index is -3.03. The van der Waals surface area contributed by atoms with Gasteiger partial charge in [0, 0.05) is 33.4 Å². The number of fused-ring (bicyclic) bond motifs is 2. The third kappa shape index (κ3) is 3.13. The lowest BCUT2D eigenvalue weighted by atomic mass is 10.1. The van der Waals surface area contributed by atoms with Gasteiger partial charge in [-0.15, -0.1) is 0 Å². The molecule has 1 aromatic heterocycles. The van der Waals surface area contributed by atoms with E-state index in [2.05, 4.69) is 46.3 Å². The molecule has 0 N–H and O–H groups in total. The molecule has 0 amide bonds. The molecule has 0 spiro atoms. The Morgan fingerprint density at radius 3 is 1.91 bits per heavy atom. The fraction of sp³-hybridized carbons (Fsp3) is 0. The standard InChI is InChI=1S/C29H21N2OP/c32-33(24-13-2-1-3-14-24)28-18-6-4-16-26(28)31(27-17-5-7-19-29(27)33)23-12-10-11-22(21-23)25-15-8-9-20-30-25/h1-21H. The first kappa shape index (κ1) is 19.7. The molecule has 0 bridgehead atoms. The number of hydrogen-bond acceptors (Lipinski definition) is 3. The Balaban J connectivity index is 1.61. The van der Waals surface area contributed by atoms with Crippen LogP contribution in [-0.4, -0.2) is 4.98 Å². The molecule has 2 heterocycles. The zero-order valence-electron chi connectivity index (χ0n) is 17.9. The summed E-state index contributed by atoms with van der Waals surface area (Å²) in [7, 11) is -3.03. The second kappa shape index (κ2) is 7.88. The average Bonchev–Trinajstić information content (AvgIpc) is 2.90. The first-order valence-corrected chi connectivity index (χ1v) is 12.6. The lowest BCUT2D eigenvalue weighted by molar-refractivity contribution is 0.592. The fourth-order valence-electron chi connectivity index (χ4n) is 4.63. The minimum Gasteiger partial charge on any atom is -0.309 e. The zero-order valence-corrected chi connectivity index (χ0v) is 18.8. The lowest BCUT2D eigenvalue weighted by Crippen LogP contribution is -2.36. The molecule has 158 valence electrons. The van der Waals surface area contributed by atoms with Crippen LogP contribution in [0.15, 0.2) is 128 Å².